The van der Waals surface area contributed by atoms with E-state index < -0.39 is 0 Å². The van der Waals surface area contributed by atoms with Crippen LogP contribution in [0.15, 0.2) is 30.3 Å². The largest absolute Gasteiger partial charge is 0.448 e. The molecule has 0 spiro atoms. The number of hydrogen-bond acceptors (Lipinski definition) is 3. The number of para-hydroxylation sites is 1. The highest BCUT2D eigenvalue weighted by Crippen LogP contribution is 2.08. The van der Waals surface area contributed by atoms with E-state index in [-0.39, 0.29) is 6.09 Å². The molecule has 0 radical (unpaired) electrons. The molecule has 0 aliphatic carbocycles. The van der Waals surface area contributed by atoms with Crippen molar-refractivity contribution in [3.05, 3.63) is 30.3 Å². The van der Waals surface area contributed by atoms with Gasteiger partial charge in [-0.05, 0) is 38.1 Å². The molecule has 1 amide bonds. The molecule has 0 bridgehead atoms. The third-order valence-corrected chi connectivity index (χ3v) is 3.11. The lowest BCUT2D eigenvalue weighted by Gasteiger charge is -2.25. The van der Waals surface area contributed by atoms with Crippen molar-refractivity contribution in [2.24, 2.45) is 0 Å². The van der Waals surface area contributed by atoms with Crippen LogP contribution in [0, 0.1) is 0 Å². The zero-order valence-corrected chi connectivity index (χ0v) is 10.6. The van der Waals surface area contributed by atoms with Gasteiger partial charge in [-0.2, -0.15) is 0 Å². The van der Waals surface area contributed by atoms with Gasteiger partial charge < -0.3 is 4.74 Å². The Balaban J connectivity index is 1.62. The summed E-state index contributed by atoms with van der Waals surface area (Å²) in [6.07, 6.45) is 3.47. The fraction of sp³-hybridized carbons (Fsp3) is 0.500. The van der Waals surface area contributed by atoms with Crippen LogP contribution >= 0.6 is 0 Å². The van der Waals surface area contributed by atoms with Crippen LogP contribution in [-0.4, -0.2) is 37.2 Å². The van der Waals surface area contributed by atoms with E-state index in [1.165, 1.54) is 19.3 Å². The molecule has 4 heteroatoms. The first-order valence-corrected chi connectivity index (χ1v) is 6.56. The molecule has 0 atom stereocenters. The van der Waals surface area contributed by atoms with Crippen LogP contribution < -0.4 is 5.32 Å². The summed E-state index contributed by atoms with van der Waals surface area (Å²) in [6.45, 7) is 3.55. The highest BCUT2D eigenvalue weighted by molar-refractivity contribution is 5.84. The number of anilines is 1. The number of piperidine rings is 1. The van der Waals surface area contributed by atoms with Gasteiger partial charge in [0.15, 0.2) is 0 Å². The fourth-order valence-electron chi connectivity index (χ4n) is 2.13. The summed E-state index contributed by atoms with van der Waals surface area (Å²) in [7, 11) is 0. The second-order valence-corrected chi connectivity index (χ2v) is 4.53. The number of benzene rings is 1. The molecule has 1 saturated heterocycles. The van der Waals surface area contributed by atoms with Crippen LogP contribution in [0.4, 0.5) is 10.5 Å². The van der Waals surface area contributed by atoms with Crippen LogP contribution in [0.5, 0.6) is 0 Å². The van der Waals surface area contributed by atoms with Crippen molar-refractivity contribution in [1.82, 2.24) is 4.90 Å². The molecule has 0 saturated carbocycles. The Morgan fingerprint density at radius 2 is 1.89 bits per heavy atom. The van der Waals surface area contributed by atoms with E-state index in [0.29, 0.717) is 6.61 Å². The van der Waals surface area contributed by atoms with E-state index in [1.807, 2.05) is 30.3 Å². The van der Waals surface area contributed by atoms with E-state index in [9.17, 15) is 4.79 Å². The van der Waals surface area contributed by atoms with Crippen LogP contribution in [0.3, 0.4) is 0 Å². The molecule has 1 aromatic rings. The molecule has 1 heterocycles. The summed E-state index contributed by atoms with van der Waals surface area (Å²) in [5.74, 6) is 0. The van der Waals surface area contributed by atoms with Gasteiger partial charge in [0.1, 0.15) is 6.61 Å². The van der Waals surface area contributed by atoms with Crippen LogP contribution in [0.25, 0.3) is 0 Å². The van der Waals surface area contributed by atoms with Crippen LogP contribution in [0.1, 0.15) is 19.3 Å². The standard InChI is InChI=1S/C14H20N2O2/c17-14(15-13-7-3-1-4-8-13)18-12-11-16-9-5-2-6-10-16/h1,3-4,7-8H,2,5-6,9-12H2,(H,15,17). The molecule has 18 heavy (non-hydrogen) atoms. The lowest BCUT2D eigenvalue weighted by molar-refractivity contribution is 0.131. The SMILES string of the molecule is O=C(Nc1ccccc1)OCCN1CCCCC1. The van der Waals surface area contributed by atoms with E-state index in [2.05, 4.69) is 10.2 Å². The Morgan fingerprint density at radius 1 is 1.17 bits per heavy atom. The first-order chi connectivity index (χ1) is 8.84. The first-order valence-electron chi connectivity index (χ1n) is 6.56. The number of nitrogens with one attached hydrogen (secondary N) is 1. The molecule has 1 aliphatic rings. The average molecular weight is 248 g/mol. The molecule has 0 aromatic heterocycles. The third kappa shape index (κ3) is 4.37. The van der Waals surface area contributed by atoms with Crippen molar-refractivity contribution in [3.8, 4) is 0 Å². The van der Waals surface area contributed by atoms with Gasteiger partial charge >= 0.3 is 6.09 Å². The first kappa shape index (κ1) is 12.9. The summed E-state index contributed by atoms with van der Waals surface area (Å²) >= 11 is 0. The van der Waals surface area contributed by atoms with Gasteiger partial charge in [-0.25, -0.2) is 4.79 Å². The number of likely N-dealkylation sites (tertiary alicyclic amines) is 1. The number of carbonyl (C=O) groups excluding carboxylic acids is 1. The second-order valence-electron chi connectivity index (χ2n) is 4.53. The third-order valence-electron chi connectivity index (χ3n) is 3.11. The van der Waals surface area contributed by atoms with Gasteiger partial charge in [0.05, 0.1) is 0 Å². The van der Waals surface area contributed by atoms with Crippen molar-refractivity contribution in [1.29, 1.82) is 0 Å². The molecule has 4 nitrogen and oxygen atoms in total. The minimum Gasteiger partial charge on any atom is -0.448 e. The Morgan fingerprint density at radius 3 is 2.61 bits per heavy atom. The summed E-state index contributed by atoms with van der Waals surface area (Å²) in [5.41, 5.74) is 0.764. The predicted octanol–water partition coefficient (Wildman–Crippen LogP) is 2.72. The number of rotatable bonds is 4. The van der Waals surface area contributed by atoms with E-state index in [4.69, 9.17) is 4.74 Å². The maximum Gasteiger partial charge on any atom is 0.411 e. The normalized spacial score (nSPS) is 16.2. The monoisotopic (exact) mass is 248 g/mol. The Kier molecular flexibility index (Phi) is 5.02. The van der Waals surface area contributed by atoms with Crippen molar-refractivity contribution in [3.63, 3.8) is 0 Å². The summed E-state index contributed by atoms with van der Waals surface area (Å²) in [5, 5.41) is 2.70. The summed E-state index contributed by atoms with van der Waals surface area (Å²) in [6, 6.07) is 9.34. The molecule has 0 unspecified atom stereocenters. The highest BCUT2D eigenvalue weighted by atomic mass is 16.5. The quantitative estimate of drug-likeness (QED) is 0.890. The smallest absolute Gasteiger partial charge is 0.411 e. The maximum atomic E-state index is 11.5. The molecule has 1 aromatic carbocycles. The topological polar surface area (TPSA) is 41.6 Å². The fourth-order valence-corrected chi connectivity index (χ4v) is 2.13. The average Bonchev–Trinajstić information content (AvgIpc) is 2.41. The molecular weight excluding hydrogens is 228 g/mol. The van der Waals surface area contributed by atoms with E-state index in [1.54, 1.807) is 0 Å². The minimum atomic E-state index is -0.377. The lowest BCUT2D eigenvalue weighted by atomic mass is 10.1. The Hall–Kier alpha value is -1.55. The number of carbonyl (C=O) groups is 1. The number of nitrogens with zero attached hydrogens (tertiary/aromatic N) is 1. The Bertz CT molecular complexity index is 361. The van der Waals surface area contributed by atoms with Crippen molar-refractivity contribution in [2.45, 2.75) is 19.3 Å². The van der Waals surface area contributed by atoms with Crippen molar-refractivity contribution < 1.29 is 9.53 Å². The van der Waals surface area contributed by atoms with Crippen LogP contribution in [-0.2, 0) is 4.74 Å². The molecular formula is C14H20N2O2. The maximum absolute atomic E-state index is 11.5. The Labute approximate surface area is 108 Å². The highest BCUT2D eigenvalue weighted by Gasteiger charge is 2.10. The number of hydrogen-bond donors (Lipinski definition) is 1. The van der Waals surface area contributed by atoms with Gasteiger partial charge in [0.25, 0.3) is 0 Å². The zero-order chi connectivity index (χ0) is 12.6. The van der Waals surface area contributed by atoms with Gasteiger partial charge in [-0.1, -0.05) is 24.6 Å². The van der Waals surface area contributed by atoms with Gasteiger partial charge in [-0.15, -0.1) is 0 Å². The molecule has 1 aliphatic heterocycles. The van der Waals surface area contributed by atoms with Gasteiger partial charge in [0, 0.05) is 12.2 Å². The van der Waals surface area contributed by atoms with E-state index in [0.717, 1.165) is 25.3 Å². The molecule has 2 rings (SSSR count). The lowest BCUT2D eigenvalue weighted by Crippen LogP contribution is -2.33. The van der Waals surface area contributed by atoms with Gasteiger partial charge in [0.2, 0.25) is 0 Å². The molecule has 1 fully saturated rings. The number of amides is 1. The van der Waals surface area contributed by atoms with Gasteiger partial charge in [-0.3, -0.25) is 10.2 Å². The predicted molar refractivity (Wildman–Crippen MR) is 71.7 cm³/mol. The zero-order valence-electron chi connectivity index (χ0n) is 10.6. The molecule has 1 N–H and O–H groups in total. The minimum absolute atomic E-state index is 0.377. The van der Waals surface area contributed by atoms with Crippen molar-refractivity contribution in [2.75, 3.05) is 31.6 Å². The number of ether oxygens (including phenoxy) is 1. The van der Waals surface area contributed by atoms with Crippen molar-refractivity contribution >= 4 is 11.8 Å². The van der Waals surface area contributed by atoms with Crippen LogP contribution in [0.2, 0.25) is 0 Å². The van der Waals surface area contributed by atoms with E-state index >= 15 is 0 Å². The summed E-state index contributed by atoms with van der Waals surface area (Å²) in [4.78, 5) is 13.8. The second kappa shape index (κ2) is 7.01. The molecule has 98 valence electrons. The summed E-state index contributed by atoms with van der Waals surface area (Å²) < 4.78 is 5.16.